The molecule has 1 N–H and O–H groups in total. The van der Waals surface area contributed by atoms with Gasteiger partial charge in [-0.1, -0.05) is 46.6 Å². The fourth-order valence-electron chi connectivity index (χ4n) is 11.5. The lowest BCUT2D eigenvalue weighted by Crippen LogP contribution is -2.64. The number of benzene rings is 1. The van der Waals surface area contributed by atoms with Gasteiger partial charge in [-0.15, -0.1) is 0 Å². The zero-order valence-corrected chi connectivity index (χ0v) is 24.5. The van der Waals surface area contributed by atoms with Gasteiger partial charge in [0.2, 0.25) is 0 Å². The van der Waals surface area contributed by atoms with Crippen molar-refractivity contribution >= 4 is 12.0 Å². The average Bonchev–Trinajstić information content (AvgIpc) is 3.36. The van der Waals surface area contributed by atoms with Gasteiger partial charge in [0.15, 0.2) is 0 Å². The first kappa shape index (κ1) is 26.5. The van der Waals surface area contributed by atoms with Crippen molar-refractivity contribution < 1.29 is 14.6 Å². The lowest BCUT2D eigenvalue weighted by atomic mass is 9.34. The van der Waals surface area contributed by atoms with Crippen LogP contribution >= 0.6 is 0 Å². The van der Waals surface area contributed by atoms with E-state index in [-0.39, 0.29) is 17.8 Å². The number of carbonyl (C=O) groups is 1. The molecule has 0 amide bonds. The predicted octanol–water partition coefficient (Wildman–Crippen LogP) is 8.72. The highest BCUT2D eigenvalue weighted by atomic mass is 16.5. The minimum Gasteiger partial charge on any atom is -0.508 e. The molecule has 208 valence electrons. The van der Waals surface area contributed by atoms with Gasteiger partial charge in [-0.05, 0) is 146 Å². The zero-order valence-electron chi connectivity index (χ0n) is 24.5. The summed E-state index contributed by atoms with van der Waals surface area (Å²) in [5, 5.41) is 9.76. The van der Waals surface area contributed by atoms with E-state index in [1.807, 2.05) is 19.1 Å². The van der Waals surface area contributed by atoms with Crippen LogP contribution in [0.2, 0.25) is 0 Å². The Bertz CT molecular complexity index is 1110. The lowest BCUT2D eigenvalue weighted by molar-refractivity contribution is -0.227. The highest BCUT2D eigenvalue weighted by Crippen LogP contribution is 2.74. The fourth-order valence-corrected chi connectivity index (χ4v) is 11.5. The highest BCUT2D eigenvalue weighted by molar-refractivity contribution is 5.87. The van der Waals surface area contributed by atoms with Gasteiger partial charge in [-0.3, -0.25) is 0 Å². The first-order valence-electron chi connectivity index (χ1n) is 15.8. The van der Waals surface area contributed by atoms with E-state index in [0.717, 1.165) is 41.2 Å². The minimum absolute atomic E-state index is 0.0111. The van der Waals surface area contributed by atoms with E-state index < -0.39 is 0 Å². The normalized spacial score (nSPS) is 46.1. The summed E-state index contributed by atoms with van der Waals surface area (Å²) in [6.45, 7) is 12.3. The molecule has 8 unspecified atom stereocenters. The van der Waals surface area contributed by atoms with Crippen LogP contribution in [0.1, 0.15) is 109 Å². The van der Waals surface area contributed by atoms with Crippen molar-refractivity contribution in [2.45, 2.75) is 111 Å². The van der Waals surface area contributed by atoms with E-state index >= 15 is 0 Å². The van der Waals surface area contributed by atoms with Gasteiger partial charge in [0.05, 0.1) is 0 Å². The number of phenolic OH excluding ortho intramolecular Hbond substituents is 1. The predicted molar refractivity (Wildman–Crippen MR) is 153 cm³/mol. The second-order valence-corrected chi connectivity index (χ2v) is 14.9. The van der Waals surface area contributed by atoms with Gasteiger partial charge in [-0.2, -0.15) is 0 Å². The number of phenols is 1. The van der Waals surface area contributed by atoms with Crippen molar-refractivity contribution in [1.29, 1.82) is 0 Å². The van der Waals surface area contributed by atoms with Crippen LogP contribution in [-0.4, -0.2) is 17.2 Å². The number of hydrogen-bond donors (Lipinski definition) is 1. The molecule has 5 aliphatic rings. The summed E-state index contributed by atoms with van der Waals surface area (Å²) in [6.07, 6.45) is 18.5. The van der Waals surface area contributed by atoms with Gasteiger partial charge in [0, 0.05) is 6.08 Å². The van der Waals surface area contributed by atoms with E-state index in [1.54, 1.807) is 18.2 Å². The first-order chi connectivity index (χ1) is 18.1. The standard InChI is InChI=1S/C35H50O3/c1-22-21-24(9-12-29(22)36)10-14-32(37)38-30-17-18-33(3)27(23(30)2)16-20-35(5)31(33)13-11-28-26-8-6-7-25(26)15-19-34(28,35)4/h9-10,12,14,21,23,25-28,30-31,36H,6-8,11,13,15-20H2,1-5H3/b14-10+/t23?,25?,26-,27?,28?,30?,31?,33?,34+,35?/m0/s1. The minimum atomic E-state index is -0.238. The second-order valence-electron chi connectivity index (χ2n) is 14.9. The zero-order chi connectivity index (χ0) is 26.9. The Morgan fingerprint density at radius 3 is 2.53 bits per heavy atom. The number of hydrogen-bond acceptors (Lipinski definition) is 3. The van der Waals surface area contributed by atoms with E-state index in [0.29, 0.717) is 28.1 Å². The van der Waals surface area contributed by atoms with Gasteiger partial charge < -0.3 is 9.84 Å². The molecule has 0 aliphatic heterocycles. The summed E-state index contributed by atoms with van der Waals surface area (Å²) >= 11 is 0. The van der Waals surface area contributed by atoms with Gasteiger partial charge >= 0.3 is 5.97 Å². The summed E-state index contributed by atoms with van der Waals surface area (Å²) in [4.78, 5) is 12.8. The Hall–Kier alpha value is -1.77. The van der Waals surface area contributed by atoms with Crippen LogP contribution in [-0.2, 0) is 9.53 Å². The molecular weight excluding hydrogens is 468 g/mol. The molecule has 1 aromatic rings. The highest BCUT2D eigenvalue weighted by Gasteiger charge is 2.67. The molecule has 5 aliphatic carbocycles. The number of carbonyl (C=O) groups excluding carboxylic acids is 1. The molecule has 0 saturated heterocycles. The van der Waals surface area contributed by atoms with Crippen molar-refractivity contribution in [2.75, 3.05) is 0 Å². The molecule has 0 aromatic heterocycles. The number of rotatable bonds is 3. The molecule has 3 heteroatoms. The molecule has 0 heterocycles. The van der Waals surface area contributed by atoms with Crippen LogP contribution in [0, 0.1) is 58.7 Å². The van der Waals surface area contributed by atoms with Crippen LogP contribution in [0.15, 0.2) is 24.3 Å². The number of esters is 1. The van der Waals surface area contributed by atoms with E-state index in [9.17, 15) is 9.90 Å². The van der Waals surface area contributed by atoms with Crippen molar-refractivity contribution in [3.05, 3.63) is 35.4 Å². The molecule has 5 fully saturated rings. The van der Waals surface area contributed by atoms with E-state index in [2.05, 4.69) is 27.7 Å². The summed E-state index contributed by atoms with van der Waals surface area (Å²) in [6, 6.07) is 5.39. The average molecular weight is 519 g/mol. The van der Waals surface area contributed by atoms with Crippen molar-refractivity contribution in [3.63, 3.8) is 0 Å². The molecule has 5 saturated carbocycles. The molecular formula is C35H50O3. The number of ether oxygens (including phenoxy) is 1. The van der Waals surface area contributed by atoms with Crippen LogP contribution in [0.25, 0.3) is 6.08 Å². The Balaban J connectivity index is 1.16. The monoisotopic (exact) mass is 518 g/mol. The Kier molecular flexibility index (Phi) is 6.55. The third-order valence-electron chi connectivity index (χ3n) is 13.6. The van der Waals surface area contributed by atoms with Crippen LogP contribution in [0.3, 0.4) is 0 Å². The molecule has 1 aromatic carbocycles. The maximum atomic E-state index is 12.8. The molecule has 3 nitrogen and oxygen atoms in total. The van der Waals surface area contributed by atoms with Crippen molar-refractivity contribution in [2.24, 2.45) is 51.8 Å². The van der Waals surface area contributed by atoms with Crippen molar-refractivity contribution in [3.8, 4) is 5.75 Å². The number of fused-ring (bicyclic) bond motifs is 7. The Morgan fingerprint density at radius 2 is 1.74 bits per heavy atom. The SMILES string of the molecule is Cc1cc(/C=C/C(=O)OC2CCC3(C)C(CCC4(C)C3CCC3[C@H]5CCCC5CC[C@]34C)C2C)ccc1O. The molecule has 0 spiro atoms. The van der Waals surface area contributed by atoms with Crippen molar-refractivity contribution in [1.82, 2.24) is 0 Å². The third kappa shape index (κ3) is 3.92. The largest absolute Gasteiger partial charge is 0.508 e. The fraction of sp³-hybridized carbons (Fsp3) is 0.743. The topological polar surface area (TPSA) is 46.5 Å². The molecule has 0 radical (unpaired) electrons. The van der Waals surface area contributed by atoms with Gasteiger partial charge in [0.25, 0.3) is 0 Å². The van der Waals surface area contributed by atoms with E-state index in [1.165, 1.54) is 64.2 Å². The van der Waals surface area contributed by atoms with Crippen LogP contribution in [0.4, 0.5) is 0 Å². The quantitative estimate of drug-likeness (QED) is 0.321. The smallest absolute Gasteiger partial charge is 0.331 e. The molecule has 38 heavy (non-hydrogen) atoms. The van der Waals surface area contributed by atoms with Gasteiger partial charge in [0.1, 0.15) is 11.9 Å². The summed E-state index contributed by atoms with van der Waals surface area (Å²) in [5.74, 6) is 4.86. The maximum absolute atomic E-state index is 12.8. The number of aromatic hydroxyl groups is 1. The maximum Gasteiger partial charge on any atom is 0.331 e. The molecule has 10 atom stereocenters. The molecule has 6 rings (SSSR count). The summed E-state index contributed by atoms with van der Waals surface area (Å²) < 4.78 is 6.11. The van der Waals surface area contributed by atoms with Crippen LogP contribution < -0.4 is 0 Å². The molecule has 0 bridgehead atoms. The Morgan fingerprint density at radius 1 is 0.947 bits per heavy atom. The Labute approximate surface area is 230 Å². The van der Waals surface area contributed by atoms with Gasteiger partial charge in [-0.25, -0.2) is 4.79 Å². The third-order valence-corrected chi connectivity index (χ3v) is 13.6. The van der Waals surface area contributed by atoms with E-state index in [4.69, 9.17) is 4.74 Å². The first-order valence-corrected chi connectivity index (χ1v) is 15.8. The van der Waals surface area contributed by atoms with Crippen LogP contribution in [0.5, 0.6) is 5.75 Å². The summed E-state index contributed by atoms with van der Waals surface area (Å²) in [7, 11) is 0. The lowest BCUT2D eigenvalue weighted by Gasteiger charge is -2.71. The number of aryl methyl sites for hydroxylation is 1. The summed E-state index contributed by atoms with van der Waals surface area (Å²) in [5.41, 5.74) is 3.02. The second kappa shape index (κ2) is 9.41.